The zero-order valence-electron chi connectivity index (χ0n) is 19.0. The summed E-state index contributed by atoms with van der Waals surface area (Å²) in [5.74, 6) is 1.84. The predicted octanol–water partition coefficient (Wildman–Crippen LogP) is 4.20. The highest BCUT2D eigenvalue weighted by Gasteiger charge is 2.32. The van der Waals surface area contributed by atoms with Gasteiger partial charge in [-0.15, -0.1) is 10.2 Å². The number of anilines is 1. The van der Waals surface area contributed by atoms with Gasteiger partial charge in [0.1, 0.15) is 0 Å². The molecule has 0 radical (unpaired) electrons. The molecule has 5 aromatic rings. The van der Waals surface area contributed by atoms with Crippen molar-refractivity contribution in [3.8, 4) is 11.4 Å². The van der Waals surface area contributed by atoms with Gasteiger partial charge in [-0.05, 0) is 43.7 Å². The van der Waals surface area contributed by atoms with E-state index in [-0.39, 0.29) is 11.9 Å². The molecule has 1 atom stereocenters. The topological polar surface area (TPSA) is 79.8 Å². The van der Waals surface area contributed by atoms with E-state index in [0.29, 0.717) is 25.4 Å². The average Bonchev–Trinajstić information content (AvgIpc) is 3.54. The van der Waals surface area contributed by atoms with Crippen LogP contribution in [0.5, 0.6) is 0 Å². The molecule has 3 aromatic heterocycles. The number of aryl methyl sites for hydroxylation is 1. The number of hydrogen-bond donors (Lipinski definition) is 0. The Labute approximate surface area is 196 Å². The van der Waals surface area contributed by atoms with E-state index < -0.39 is 0 Å². The van der Waals surface area contributed by atoms with Gasteiger partial charge in [0, 0.05) is 36.6 Å². The Morgan fingerprint density at radius 3 is 2.62 bits per heavy atom. The Hall–Kier alpha value is -4.20. The van der Waals surface area contributed by atoms with Crippen molar-refractivity contribution in [3.63, 3.8) is 0 Å². The van der Waals surface area contributed by atoms with Crippen LogP contribution in [0.3, 0.4) is 0 Å². The molecule has 0 aliphatic carbocycles. The molecule has 1 amide bonds. The van der Waals surface area contributed by atoms with E-state index in [1.54, 1.807) is 12.1 Å². The molecule has 1 fully saturated rings. The fourth-order valence-electron chi connectivity index (χ4n) is 4.76. The second-order valence-electron chi connectivity index (χ2n) is 8.70. The minimum Gasteiger partial charge on any atom is -0.459 e. The molecule has 2 aromatic carbocycles. The predicted molar refractivity (Wildman–Crippen MR) is 130 cm³/mol. The van der Waals surface area contributed by atoms with Crippen molar-refractivity contribution in [1.82, 2.24) is 24.5 Å². The lowest BCUT2D eigenvalue weighted by atomic mass is 10.1. The molecule has 4 heterocycles. The number of carbonyl (C=O) groups excluding carboxylic acids is 1. The monoisotopic (exact) mass is 452 g/mol. The summed E-state index contributed by atoms with van der Waals surface area (Å²) in [7, 11) is 0. The Morgan fingerprint density at radius 2 is 1.82 bits per heavy atom. The van der Waals surface area contributed by atoms with Crippen molar-refractivity contribution >= 4 is 28.4 Å². The highest BCUT2D eigenvalue weighted by molar-refractivity contribution is 5.94. The molecule has 8 nitrogen and oxygen atoms in total. The van der Waals surface area contributed by atoms with Crippen LogP contribution in [-0.2, 0) is 0 Å². The molecular formula is C26H24N6O2. The quantitative estimate of drug-likeness (QED) is 0.408. The summed E-state index contributed by atoms with van der Waals surface area (Å²) in [5.41, 5.74) is 3.79. The van der Waals surface area contributed by atoms with Gasteiger partial charge in [0.05, 0.1) is 11.8 Å². The van der Waals surface area contributed by atoms with Crippen LogP contribution in [0.1, 0.15) is 23.0 Å². The number of aromatic nitrogens is 4. The third-order valence-corrected chi connectivity index (χ3v) is 6.52. The van der Waals surface area contributed by atoms with Gasteiger partial charge < -0.3 is 14.2 Å². The molecule has 170 valence electrons. The number of nitrogens with zero attached hydrogens (tertiary/aromatic N) is 6. The first-order valence-electron chi connectivity index (χ1n) is 11.4. The zero-order chi connectivity index (χ0) is 23.2. The molecule has 8 heteroatoms. The summed E-state index contributed by atoms with van der Waals surface area (Å²) in [6.45, 7) is 5.98. The number of amides is 1. The van der Waals surface area contributed by atoms with Crippen molar-refractivity contribution in [2.75, 3.05) is 24.5 Å². The molecule has 0 bridgehead atoms. The third-order valence-electron chi connectivity index (χ3n) is 6.52. The Kier molecular flexibility index (Phi) is 4.79. The van der Waals surface area contributed by atoms with Crippen LogP contribution in [0, 0.1) is 6.92 Å². The first-order valence-corrected chi connectivity index (χ1v) is 11.4. The molecule has 1 saturated heterocycles. The van der Waals surface area contributed by atoms with Gasteiger partial charge in [-0.3, -0.25) is 4.79 Å². The maximum Gasteiger partial charge on any atom is 0.289 e. The van der Waals surface area contributed by atoms with E-state index >= 15 is 0 Å². The van der Waals surface area contributed by atoms with Crippen LogP contribution in [-0.4, -0.2) is 56.1 Å². The fourth-order valence-corrected chi connectivity index (χ4v) is 4.76. The normalized spacial score (nSPS) is 16.5. The van der Waals surface area contributed by atoms with E-state index in [1.807, 2.05) is 41.3 Å². The number of rotatable bonds is 3. The largest absolute Gasteiger partial charge is 0.459 e. The van der Waals surface area contributed by atoms with Crippen molar-refractivity contribution in [2.45, 2.75) is 19.9 Å². The van der Waals surface area contributed by atoms with Crippen LogP contribution in [0.15, 0.2) is 71.3 Å². The number of benzene rings is 2. The van der Waals surface area contributed by atoms with Crippen LogP contribution in [0.25, 0.3) is 27.9 Å². The summed E-state index contributed by atoms with van der Waals surface area (Å²) >= 11 is 0. The second kappa shape index (κ2) is 7.98. The maximum absolute atomic E-state index is 12.9. The molecular weight excluding hydrogens is 428 g/mol. The molecule has 34 heavy (non-hydrogen) atoms. The van der Waals surface area contributed by atoms with Gasteiger partial charge in [0.2, 0.25) is 5.95 Å². The van der Waals surface area contributed by atoms with Crippen LogP contribution < -0.4 is 4.90 Å². The van der Waals surface area contributed by atoms with E-state index in [0.717, 1.165) is 39.4 Å². The molecule has 0 spiro atoms. The minimum absolute atomic E-state index is 0.0203. The van der Waals surface area contributed by atoms with E-state index in [9.17, 15) is 4.79 Å². The van der Waals surface area contributed by atoms with Crippen molar-refractivity contribution in [1.29, 1.82) is 0 Å². The summed E-state index contributed by atoms with van der Waals surface area (Å²) in [4.78, 5) is 22.1. The van der Waals surface area contributed by atoms with Crippen molar-refractivity contribution < 1.29 is 9.21 Å². The standard InChI is InChI=1S/C26H24N6O2/c1-17-8-3-4-9-19(17)23-28-29-24-20-10-5-6-11-21(20)27-26(32(23)24)30-13-14-31(18(2)16-30)25(33)22-12-7-15-34-22/h3-12,15,18H,13-14,16H2,1-2H3/t18-/m1/s1. The second-order valence-corrected chi connectivity index (χ2v) is 8.70. The van der Waals surface area contributed by atoms with E-state index in [4.69, 9.17) is 9.40 Å². The molecule has 1 aliphatic heterocycles. The SMILES string of the molecule is Cc1ccccc1-c1nnc2c3ccccc3nc(N3CCN(C(=O)c4ccco4)[C@H](C)C3)n12. The third kappa shape index (κ3) is 3.22. The first-order chi connectivity index (χ1) is 16.6. The van der Waals surface area contributed by atoms with Crippen LogP contribution >= 0.6 is 0 Å². The number of para-hydroxylation sites is 1. The Morgan fingerprint density at radius 1 is 1.00 bits per heavy atom. The number of fused-ring (bicyclic) bond motifs is 3. The highest BCUT2D eigenvalue weighted by Crippen LogP contribution is 2.31. The lowest BCUT2D eigenvalue weighted by Gasteiger charge is -2.40. The first kappa shape index (κ1) is 20.4. The van der Waals surface area contributed by atoms with Crippen LogP contribution in [0.2, 0.25) is 0 Å². The smallest absolute Gasteiger partial charge is 0.289 e. The average molecular weight is 453 g/mol. The molecule has 0 saturated carbocycles. The summed E-state index contributed by atoms with van der Waals surface area (Å²) in [6, 6.07) is 19.6. The van der Waals surface area contributed by atoms with Gasteiger partial charge >= 0.3 is 0 Å². The summed E-state index contributed by atoms with van der Waals surface area (Å²) in [5, 5.41) is 10.1. The highest BCUT2D eigenvalue weighted by atomic mass is 16.3. The van der Waals surface area contributed by atoms with Gasteiger partial charge in [-0.2, -0.15) is 0 Å². The van der Waals surface area contributed by atoms with Crippen molar-refractivity contribution in [2.24, 2.45) is 0 Å². The van der Waals surface area contributed by atoms with Crippen molar-refractivity contribution in [3.05, 3.63) is 78.3 Å². The van der Waals surface area contributed by atoms with Gasteiger partial charge in [-0.25, -0.2) is 9.38 Å². The number of carbonyl (C=O) groups is 1. The number of piperazine rings is 1. The van der Waals surface area contributed by atoms with Gasteiger partial charge in [-0.1, -0.05) is 36.4 Å². The molecule has 6 rings (SSSR count). The zero-order valence-corrected chi connectivity index (χ0v) is 19.0. The Balaban J connectivity index is 1.46. The fraction of sp³-hybridized carbons (Fsp3) is 0.231. The Bertz CT molecular complexity index is 1510. The molecule has 0 unspecified atom stereocenters. The lowest BCUT2D eigenvalue weighted by Crippen LogP contribution is -2.54. The van der Waals surface area contributed by atoms with Crippen LogP contribution in [0.4, 0.5) is 5.95 Å². The number of hydrogen-bond acceptors (Lipinski definition) is 6. The minimum atomic E-state index is -0.0846. The van der Waals surface area contributed by atoms with E-state index in [2.05, 4.69) is 45.5 Å². The summed E-state index contributed by atoms with van der Waals surface area (Å²) < 4.78 is 7.40. The maximum atomic E-state index is 12.9. The number of furan rings is 1. The molecule has 1 aliphatic rings. The van der Waals surface area contributed by atoms with E-state index in [1.165, 1.54) is 6.26 Å². The van der Waals surface area contributed by atoms with Gasteiger partial charge in [0.25, 0.3) is 5.91 Å². The van der Waals surface area contributed by atoms with Gasteiger partial charge in [0.15, 0.2) is 17.2 Å². The lowest BCUT2D eigenvalue weighted by molar-refractivity contribution is 0.0640. The summed E-state index contributed by atoms with van der Waals surface area (Å²) in [6.07, 6.45) is 1.53. The molecule has 0 N–H and O–H groups in total.